The van der Waals surface area contributed by atoms with Crippen molar-refractivity contribution in [3.63, 3.8) is 0 Å². The predicted molar refractivity (Wildman–Crippen MR) is 62.6 cm³/mol. The van der Waals surface area contributed by atoms with Gasteiger partial charge in [-0.25, -0.2) is 0 Å². The van der Waals surface area contributed by atoms with E-state index in [4.69, 9.17) is 16.1 Å². The Morgan fingerprint density at radius 2 is 2.00 bits per heavy atom. The molecular weight excluding hydrogens is 224 g/mol. The molecule has 1 heterocycles. The van der Waals surface area contributed by atoms with Gasteiger partial charge in [0, 0.05) is 17.9 Å². The Morgan fingerprint density at radius 3 is 2.56 bits per heavy atom. The van der Waals surface area contributed by atoms with Crippen molar-refractivity contribution in [1.29, 1.82) is 0 Å². The van der Waals surface area contributed by atoms with E-state index in [-0.39, 0.29) is 5.92 Å². The maximum Gasteiger partial charge on any atom is 0.223 e. The van der Waals surface area contributed by atoms with Gasteiger partial charge in [0.15, 0.2) is 5.82 Å². The van der Waals surface area contributed by atoms with Crippen molar-refractivity contribution < 1.29 is 4.52 Å². The molecule has 0 amide bonds. The molecule has 1 atom stereocenters. The molecule has 0 saturated heterocycles. The van der Waals surface area contributed by atoms with Crippen LogP contribution in [0, 0.1) is 6.92 Å². The molecule has 0 saturated carbocycles. The topological polar surface area (TPSA) is 38.9 Å². The first-order valence-electron chi connectivity index (χ1n) is 5.20. The van der Waals surface area contributed by atoms with Crippen LogP contribution in [0.4, 0.5) is 0 Å². The molecule has 0 N–H and O–H groups in total. The van der Waals surface area contributed by atoms with Gasteiger partial charge >= 0.3 is 0 Å². The van der Waals surface area contributed by atoms with Crippen molar-refractivity contribution in [3.8, 4) is 0 Å². The summed E-state index contributed by atoms with van der Waals surface area (Å²) in [6.45, 7) is 3.88. The van der Waals surface area contributed by atoms with E-state index < -0.39 is 0 Å². The number of aromatic nitrogens is 2. The molecule has 2 aromatic rings. The summed E-state index contributed by atoms with van der Waals surface area (Å²) < 4.78 is 4.96. The third-order valence-corrected chi connectivity index (χ3v) is 2.69. The second-order valence-corrected chi connectivity index (χ2v) is 4.34. The van der Waals surface area contributed by atoms with Crippen LogP contribution in [-0.2, 0) is 6.42 Å². The summed E-state index contributed by atoms with van der Waals surface area (Å²) in [5, 5.41) is 4.67. The molecule has 1 aromatic heterocycles. The zero-order chi connectivity index (χ0) is 11.5. The largest absolute Gasteiger partial charge is 0.340 e. The van der Waals surface area contributed by atoms with Crippen LogP contribution in [-0.4, -0.2) is 10.1 Å². The second-order valence-electron chi connectivity index (χ2n) is 3.90. The van der Waals surface area contributed by atoms with E-state index in [0.29, 0.717) is 5.89 Å². The number of halogens is 1. The van der Waals surface area contributed by atoms with Crippen molar-refractivity contribution in [1.82, 2.24) is 10.1 Å². The van der Waals surface area contributed by atoms with Gasteiger partial charge in [0.2, 0.25) is 5.89 Å². The molecule has 0 radical (unpaired) electrons. The summed E-state index contributed by atoms with van der Waals surface area (Å²) >= 11 is 5.83. The summed E-state index contributed by atoms with van der Waals surface area (Å²) in [4.78, 5) is 4.22. The number of aryl methyl sites for hydroxylation is 1. The van der Waals surface area contributed by atoms with Crippen molar-refractivity contribution in [2.45, 2.75) is 26.2 Å². The van der Waals surface area contributed by atoms with Crippen molar-refractivity contribution in [2.75, 3.05) is 0 Å². The maximum atomic E-state index is 5.83. The molecule has 0 spiro atoms. The van der Waals surface area contributed by atoms with Crippen LogP contribution in [0.5, 0.6) is 0 Å². The zero-order valence-corrected chi connectivity index (χ0v) is 10.0. The summed E-state index contributed by atoms with van der Waals surface area (Å²) in [5.41, 5.74) is 1.22. The molecule has 0 aliphatic carbocycles. The van der Waals surface area contributed by atoms with Gasteiger partial charge in [0.1, 0.15) is 0 Å². The highest BCUT2D eigenvalue weighted by molar-refractivity contribution is 6.30. The van der Waals surface area contributed by atoms with E-state index in [2.05, 4.69) is 17.1 Å². The smallest absolute Gasteiger partial charge is 0.223 e. The van der Waals surface area contributed by atoms with Crippen LogP contribution in [0.1, 0.15) is 30.1 Å². The first-order chi connectivity index (χ1) is 7.65. The highest BCUT2D eigenvalue weighted by Gasteiger charge is 2.12. The Balaban J connectivity index is 2.07. The van der Waals surface area contributed by atoms with E-state index in [1.54, 1.807) is 6.92 Å². The lowest BCUT2D eigenvalue weighted by atomic mass is 10.0. The average molecular weight is 237 g/mol. The molecule has 2 rings (SSSR count). The predicted octanol–water partition coefficient (Wildman–Crippen LogP) is 3.38. The van der Waals surface area contributed by atoms with Gasteiger partial charge in [-0.2, -0.15) is 4.98 Å². The molecule has 4 heteroatoms. The van der Waals surface area contributed by atoms with E-state index in [9.17, 15) is 0 Å². The molecule has 0 aliphatic rings. The van der Waals surface area contributed by atoms with Gasteiger partial charge in [-0.1, -0.05) is 35.8 Å². The van der Waals surface area contributed by atoms with Crippen LogP contribution in [0.3, 0.4) is 0 Å². The van der Waals surface area contributed by atoms with Gasteiger partial charge in [0.25, 0.3) is 0 Å². The van der Waals surface area contributed by atoms with E-state index >= 15 is 0 Å². The summed E-state index contributed by atoms with van der Waals surface area (Å²) in [7, 11) is 0. The summed E-state index contributed by atoms with van der Waals surface area (Å²) in [5.74, 6) is 1.61. The van der Waals surface area contributed by atoms with Gasteiger partial charge in [-0.15, -0.1) is 0 Å². The monoisotopic (exact) mass is 236 g/mol. The first-order valence-corrected chi connectivity index (χ1v) is 5.57. The van der Waals surface area contributed by atoms with Crippen LogP contribution in [0.2, 0.25) is 5.02 Å². The molecule has 3 nitrogen and oxygen atoms in total. The highest BCUT2D eigenvalue weighted by Crippen LogP contribution is 2.19. The molecule has 0 unspecified atom stereocenters. The number of rotatable bonds is 3. The highest BCUT2D eigenvalue weighted by atomic mass is 35.5. The molecule has 84 valence electrons. The average Bonchev–Trinajstić information content (AvgIpc) is 2.68. The van der Waals surface area contributed by atoms with E-state index in [0.717, 1.165) is 17.3 Å². The Bertz CT molecular complexity index is 464. The minimum absolute atomic E-state index is 0.249. The molecule has 0 bridgehead atoms. The SMILES string of the molecule is Cc1nc([C@@H](C)Cc2ccc(Cl)cc2)no1. The Kier molecular flexibility index (Phi) is 3.25. The van der Waals surface area contributed by atoms with E-state index in [1.807, 2.05) is 24.3 Å². The fourth-order valence-corrected chi connectivity index (χ4v) is 1.71. The third-order valence-electron chi connectivity index (χ3n) is 2.44. The number of benzene rings is 1. The van der Waals surface area contributed by atoms with Crippen molar-refractivity contribution >= 4 is 11.6 Å². The molecular formula is C12H13ClN2O. The van der Waals surface area contributed by atoms with Crippen LogP contribution in [0.15, 0.2) is 28.8 Å². The van der Waals surface area contributed by atoms with Crippen LogP contribution in [0.25, 0.3) is 0 Å². The molecule has 0 aliphatic heterocycles. The van der Waals surface area contributed by atoms with Gasteiger partial charge < -0.3 is 4.52 Å². The lowest BCUT2D eigenvalue weighted by molar-refractivity contribution is 0.384. The molecule has 0 fully saturated rings. The minimum atomic E-state index is 0.249. The quantitative estimate of drug-likeness (QED) is 0.820. The van der Waals surface area contributed by atoms with Crippen molar-refractivity contribution in [3.05, 3.63) is 46.6 Å². The van der Waals surface area contributed by atoms with Crippen LogP contribution < -0.4 is 0 Å². The number of hydrogen-bond acceptors (Lipinski definition) is 3. The Labute approximate surface area is 99.4 Å². The standard InChI is InChI=1S/C12H13ClN2O/c1-8(12-14-9(2)16-15-12)7-10-3-5-11(13)6-4-10/h3-6,8H,7H2,1-2H3/t8-/m0/s1. The first kappa shape index (κ1) is 11.1. The molecule has 16 heavy (non-hydrogen) atoms. The van der Waals surface area contributed by atoms with Gasteiger partial charge in [-0.05, 0) is 24.1 Å². The fourth-order valence-electron chi connectivity index (χ4n) is 1.58. The van der Waals surface area contributed by atoms with E-state index in [1.165, 1.54) is 5.56 Å². The van der Waals surface area contributed by atoms with Gasteiger partial charge in [-0.3, -0.25) is 0 Å². The summed E-state index contributed by atoms with van der Waals surface area (Å²) in [6, 6.07) is 7.83. The Morgan fingerprint density at radius 1 is 1.31 bits per heavy atom. The van der Waals surface area contributed by atoms with Gasteiger partial charge in [0.05, 0.1) is 0 Å². The zero-order valence-electron chi connectivity index (χ0n) is 9.27. The van der Waals surface area contributed by atoms with Crippen LogP contribution >= 0.6 is 11.6 Å². The second kappa shape index (κ2) is 4.66. The Hall–Kier alpha value is -1.35. The fraction of sp³-hybridized carbons (Fsp3) is 0.333. The maximum absolute atomic E-state index is 5.83. The lowest BCUT2D eigenvalue weighted by Crippen LogP contribution is -2.00. The normalized spacial score (nSPS) is 12.7. The minimum Gasteiger partial charge on any atom is -0.340 e. The number of hydrogen-bond donors (Lipinski definition) is 0. The lowest BCUT2D eigenvalue weighted by Gasteiger charge is -2.06. The molecule has 1 aromatic carbocycles. The summed E-state index contributed by atoms with van der Waals surface area (Å²) in [6.07, 6.45) is 0.885. The third kappa shape index (κ3) is 2.61. The van der Waals surface area contributed by atoms with Crippen molar-refractivity contribution in [2.24, 2.45) is 0 Å². The number of nitrogens with zero attached hydrogens (tertiary/aromatic N) is 2.